The molecule has 2 aromatic carbocycles. The number of alkyl halides is 3. The Balaban J connectivity index is 1.89. The monoisotopic (exact) mass is 412 g/mol. The van der Waals surface area contributed by atoms with Crippen LogP contribution in [-0.2, 0) is 19.1 Å². The molecule has 0 aliphatic carbocycles. The van der Waals surface area contributed by atoms with Crippen LogP contribution in [0.2, 0.25) is 0 Å². The largest absolute Gasteiger partial charge is 0.493 e. The fraction of sp³-hybridized carbons (Fsp3) is 0.350. The van der Waals surface area contributed by atoms with E-state index in [-0.39, 0.29) is 6.54 Å². The number of benzene rings is 2. The summed E-state index contributed by atoms with van der Waals surface area (Å²) in [6, 6.07) is 7.88. The van der Waals surface area contributed by atoms with Crippen molar-refractivity contribution >= 4 is 6.03 Å². The topological polar surface area (TPSA) is 68.8 Å². The quantitative estimate of drug-likeness (QED) is 0.693. The second kappa shape index (κ2) is 9.90. The lowest BCUT2D eigenvalue weighted by Crippen LogP contribution is -2.36. The number of rotatable bonds is 8. The third-order valence-electron chi connectivity index (χ3n) is 4.17. The van der Waals surface area contributed by atoms with Crippen molar-refractivity contribution in [2.24, 2.45) is 0 Å². The number of ether oxygens (including phenoxy) is 3. The van der Waals surface area contributed by atoms with E-state index in [4.69, 9.17) is 14.2 Å². The third-order valence-corrected chi connectivity index (χ3v) is 4.17. The van der Waals surface area contributed by atoms with Crippen molar-refractivity contribution in [2.75, 3.05) is 27.9 Å². The molecule has 2 N–H and O–H groups in total. The molecule has 0 saturated heterocycles. The summed E-state index contributed by atoms with van der Waals surface area (Å²) < 4.78 is 54.1. The van der Waals surface area contributed by atoms with Crippen LogP contribution in [0.15, 0.2) is 36.4 Å². The molecule has 29 heavy (non-hydrogen) atoms. The summed E-state index contributed by atoms with van der Waals surface area (Å²) in [4.78, 5) is 11.9. The first-order valence-corrected chi connectivity index (χ1v) is 8.75. The van der Waals surface area contributed by atoms with Crippen LogP contribution in [0, 0.1) is 0 Å². The van der Waals surface area contributed by atoms with Crippen molar-refractivity contribution < 1.29 is 32.2 Å². The maximum Gasteiger partial charge on any atom is 0.416 e. The number of halogens is 3. The van der Waals surface area contributed by atoms with Crippen LogP contribution in [0.25, 0.3) is 0 Å². The van der Waals surface area contributed by atoms with E-state index in [1.54, 1.807) is 6.07 Å². The summed E-state index contributed by atoms with van der Waals surface area (Å²) in [7, 11) is 4.53. The molecule has 0 fully saturated rings. The Morgan fingerprint density at radius 3 is 2.31 bits per heavy atom. The van der Waals surface area contributed by atoms with Gasteiger partial charge in [0.15, 0.2) is 11.5 Å². The molecule has 6 nitrogen and oxygen atoms in total. The average molecular weight is 412 g/mol. The summed E-state index contributed by atoms with van der Waals surface area (Å²) in [6.45, 7) is 0.274. The molecular formula is C20H23F3N2O4. The normalized spacial score (nSPS) is 11.0. The maximum atomic E-state index is 12.7. The van der Waals surface area contributed by atoms with Gasteiger partial charge >= 0.3 is 12.2 Å². The first kappa shape index (κ1) is 22.2. The van der Waals surface area contributed by atoms with Crippen molar-refractivity contribution in [3.63, 3.8) is 0 Å². The maximum absolute atomic E-state index is 12.7. The van der Waals surface area contributed by atoms with E-state index in [1.165, 1.54) is 33.5 Å². The van der Waals surface area contributed by atoms with Gasteiger partial charge in [0.05, 0.1) is 26.9 Å². The van der Waals surface area contributed by atoms with E-state index in [0.717, 1.165) is 17.7 Å². The third kappa shape index (κ3) is 5.94. The van der Waals surface area contributed by atoms with Crippen LogP contribution in [0.1, 0.15) is 16.7 Å². The van der Waals surface area contributed by atoms with Gasteiger partial charge in [0, 0.05) is 18.7 Å². The van der Waals surface area contributed by atoms with Gasteiger partial charge in [-0.15, -0.1) is 0 Å². The molecule has 0 spiro atoms. The van der Waals surface area contributed by atoms with Crippen LogP contribution in [0.4, 0.5) is 18.0 Å². The summed E-state index contributed by atoms with van der Waals surface area (Å²) >= 11 is 0. The van der Waals surface area contributed by atoms with Gasteiger partial charge in [-0.25, -0.2) is 4.79 Å². The highest BCUT2D eigenvalue weighted by Crippen LogP contribution is 2.39. The zero-order chi connectivity index (χ0) is 21.4. The lowest BCUT2D eigenvalue weighted by Gasteiger charge is -2.16. The van der Waals surface area contributed by atoms with Crippen molar-refractivity contribution in [3.05, 3.63) is 53.1 Å². The fourth-order valence-corrected chi connectivity index (χ4v) is 2.77. The molecule has 0 atom stereocenters. The van der Waals surface area contributed by atoms with E-state index in [9.17, 15) is 18.0 Å². The molecule has 0 heterocycles. The number of carbonyl (C=O) groups is 1. The molecule has 0 aliphatic rings. The highest BCUT2D eigenvalue weighted by molar-refractivity contribution is 5.73. The SMILES string of the molecule is COc1ccc(CCNC(=O)NCc2cccc(C(F)(F)F)c2)c(OC)c1OC. The second-order valence-corrected chi connectivity index (χ2v) is 6.05. The fourth-order valence-electron chi connectivity index (χ4n) is 2.77. The van der Waals surface area contributed by atoms with Crippen LogP contribution in [-0.4, -0.2) is 33.9 Å². The zero-order valence-corrected chi connectivity index (χ0v) is 16.4. The molecule has 2 aromatic rings. The number of methoxy groups -OCH3 is 3. The van der Waals surface area contributed by atoms with Gasteiger partial charge < -0.3 is 24.8 Å². The average Bonchev–Trinajstić information content (AvgIpc) is 2.71. The Morgan fingerprint density at radius 1 is 0.966 bits per heavy atom. The summed E-state index contributed by atoms with van der Waals surface area (Å²) in [5.41, 5.74) is 0.414. The Bertz CT molecular complexity index is 841. The molecule has 9 heteroatoms. The number of amides is 2. The molecule has 0 aromatic heterocycles. The van der Waals surface area contributed by atoms with Gasteiger partial charge in [0.2, 0.25) is 5.75 Å². The molecular weight excluding hydrogens is 389 g/mol. The van der Waals surface area contributed by atoms with Gasteiger partial charge in [-0.2, -0.15) is 13.2 Å². The summed E-state index contributed by atoms with van der Waals surface area (Å²) in [5, 5.41) is 5.20. The van der Waals surface area contributed by atoms with Crippen molar-refractivity contribution in [3.8, 4) is 17.2 Å². The molecule has 0 saturated carbocycles. The van der Waals surface area contributed by atoms with Crippen LogP contribution >= 0.6 is 0 Å². The van der Waals surface area contributed by atoms with Crippen LogP contribution < -0.4 is 24.8 Å². The summed E-state index contributed by atoms with van der Waals surface area (Å²) in [5.74, 6) is 1.50. The van der Waals surface area contributed by atoms with Crippen LogP contribution in [0.5, 0.6) is 17.2 Å². The van der Waals surface area contributed by atoms with Gasteiger partial charge in [0.1, 0.15) is 0 Å². The minimum atomic E-state index is -4.42. The molecule has 0 aliphatic heterocycles. The van der Waals surface area contributed by atoms with E-state index >= 15 is 0 Å². The van der Waals surface area contributed by atoms with Crippen molar-refractivity contribution in [2.45, 2.75) is 19.1 Å². The second-order valence-electron chi connectivity index (χ2n) is 6.05. The van der Waals surface area contributed by atoms with E-state index in [2.05, 4.69) is 10.6 Å². The minimum absolute atomic E-state index is 0.0184. The van der Waals surface area contributed by atoms with Crippen LogP contribution in [0.3, 0.4) is 0 Å². The van der Waals surface area contributed by atoms with Crippen molar-refractivity contribution in [1.29, 1.82) is 0 Å². The lowest BCUT2D eigenvalue weighted by atomic mass is 10.1. The Kier molecular flexibility index (Phi) is 7.58. The lowest BCUT2D eigenvalue weighted by molar-refractivity contribution is -0.137. The van der Waals surface area contributed by atoms with E-state index in [0.29, 0.717) is 35.8 Å². The molecule has 0 bridgehead atoms. The minimum Gasteiger partial charge on any atom is -0.493 e. The zero-order valence-electron chi connectivity index (χ0n) is 16.4. The number of urea groups is 1. The number of carbonyl (C=O) groups excluding carboxylic acids is 1. The van der Waals surface area contributed by atoms with E-state index in [1.807, 2.05) is 6.07 Å². The number of hydrogen-bond donors (Lipinski definition) is 2. The highest BCUT2D eigenvalue weighted by Gasteiger charge is 2.30. The Labute approximate surface area is 167 Å². The summed E-state index contributed by atoms with van der Waals surface area (Å²) in [6.07, 6.45) is -3.96. The standard InChI is InChI=1S/C20H23F3N2O4/c1-27-16-8-7-14(17(28-2)18(16)29-3)9-10-24-19(26)25-12-13-5-4-6-15(11-13)20(21,22)23/h4-8,11H,9-10,12H2,1-3H3,(H2,24,25,26). The van der Waals surface area contributed by atoms with Gasteiger partial charge in [-0.05, 0) is 30.2 Å². The Morgan fingerprint density at radius 2 is 1.69 bits per heavy atom. The van der Waals surface area contributed by atoms with Gasteiger partial charge in [-0.3, -0.25) is 0 Å². The predicted octanol–water partition coefficient (Wildman–Crippen LogP) is 3.77. The van der Waals surface area contributed by atoms with Gasteiger partial charge in [0.25, 0.3) is 0 Å². The Hall–Kier alpha value is -3.10. The predicted molar refractivity (Wildman–Crippen MR) is 101 cm³/mol. The molecule has 2 amide bonds. The molecule has 0 radical (unpaired) electrons. The first-order valence-electron chi connectivity index (χ1n) is 8.75. The molecule has 2 rings (SSSR count). The van der Waals surface area contributed by atoms with E-state index < -0.39 is 17.8 Å². The highest BCUT2D eigenvalue weighted by atomic mass is 19.4. The molecule has 158 valence electrons. The van der Waals surface area contributed by atoms with Gasteiger partial charge in [-0.1, -0.05) is 18.2 Å². The first-order chi connectivity index (χ1) is 13.8. The van der Waals surface area contributed by atoms with Crippen molar-refractivity contribution in [1.82, 2.24) is 10.6 Å². The smallest absolute Gasteiger partial charge is 0.416 e. The number of hydrogen-bond acceptors (Lipinski definition) is 4. The molecule has 0 unspecified atom stereocenters. The number of nitrogens with one attached hydrogen (secondary N) is 2.